The average molecular weight is 210 g/mol. The van der Waals surface area contributed by atoms with E-state index in [1.165, 1.54) is 19.3 Å². The Hall–Kier alpha value is -0.570. The van der Waals surface area contributed by atoms with Gasteiger partial charge in [0.1, 0.15) is 0 Å². The molecule has 0 aromatic heterocycles. The second-order valence-corrected chi connectivity index (χ2v) is 5.35. The smallest absolute Gasteiger partial charge is 0.242 e. The largest absolute Gasteiger partial charge is 0.344 e. The molecular weight excluding hydrogens is 188 g/mol. The van der Waals surface area contributed by atoms with E-state index in [9.17, 15) is 4.79 Å². The molecule has 15 heavy (non-hydrogen) atoms. The molecule has 3 nitrogen and oxygen atoms in total. The molecule has 2 aliphatic carbocycles. The molecular formula is C12H22N2O. The molecule has 0 unspecified atom stereocenters. The fourth-order valence-electron chi connectivity index (χ4n) is 2.75. The average Bonchev–Trinajstić information content (AvgIpc) is 2.58. The van der Waals surface area contributed by atoms with E-state index in [0.717, 1.165) is 38.1 Å². The number of likely N-dealkylation sites (N-methyl/N-ethyl adjacent to an activating group) is 1. The fraction of sp³-hybridized carbons (Fsp3) is 0.917. The molecule has 0 atom stereocenters. The Morgan fingerprint density at radius 2 is 1.93 bits per heavy atom. The van der Waals surface area contributed by atoms with Gasteiger partial charge in [-0.1, -0.05) is 19.3 Å². The molecule has 86 valence electrons. The third kappa shape index (κ3) is 2.17. The number of nitrogens with zero attached hydrogens (tertiary/aromatic N) is 1. The number of nitrogens with two attached hydrogens (primary N) is 1. The summed E-state index contributed by atoms with van der Waals surface area (Å²) in [6.07, 6.45) is 7.88. The topological polar surface area (TPSA) is 46.3 Å². The first-order valence-electron chi connectivity index (χ1n) is 6.16. The van der Waals surface area contributed by atoms with Crippen LogP contribution in [0.4, 0.5) is 0 Å². The fourth-order valence-corrected chi connectivity index (χ4v) is 2.75. The summed E-state index contributed by atoms with van der Waals surface area (Å²) in [5.74, 6) is 0.913. The second kappa shape index (κ2) is 4.12. The molecule has 2 rings (SSSR count). The lowest BCUT2D eigenvalue weighted by molar-refractivity contribution is -0.136. The molecule has 2 N–H and O–H groups in total. The quantitative estimate of drug-likeness (QED) is 0.767. The van der Waals surface area contributed by atoms with Gasteiger partial charge in [0.05, 0.1) is 5.54 Å². The summed E-state index contributed by atoms with van der Waals surface area (Å²) in [6, 6.07) is 0. The normalized spacial score (nSPS) is 24.9. The van der Waals surface area contributed by atoms with Crippen molar-refractivity contribution in [3.05, 3.63) is 0 Å². The number of hydrogen-bond donors (Lipinski definition) is 1. The van der Waals surface area contributed by atoms with Crippen LogP contribution in [0.25, 0.3) is 0 Å². The van der Waals surface area contributed by atoms with Crippen LogP contribution in [0.1, 0.15) is 44.9 Å². The van der Waals surface area contributed by atoms with Crippen molar-refractivity contribution in [1.82, 2.24) is 4.90 Å². The third-order valence-electron chi connectivity index (χ3n) is 4.03. The van der Waals surface area contributed by atoms with Crippen molar-refractivity contribution in [2.45, 2.75) is 50.5 Å². The Bertz CT molecular complexity index is 242. The Labute approximate surface area is 92.0 Å². The third-order valence-corrected chi connectivity index (χ3v) is 4.03. The summed E-state index contributed by atoms with van der Waals surface area (Å²) in [5.41, 5.74) is 5.62. The summed E-state index contributed by atoms with van der Waals surface area (Å²) in [7, 11) is 1.91. The summed E-state index contributed by atoms with van der Waals surface area (Å²) >= 11 is 0. The van der Waals surface area contributed by atoms with Gasteiger partial charge >= 0.3 is 0 Å². The summed E-state index contributed by atoms with van der Waals surface area (Å²) in [4.78, 5) is 14.0. The van der Waals surface area contributed by atoms with Gasteiger partial charge in [-0.25, -0.2) is 0 Å². The lowest BCUT2D eigenvalue weighted by Gasteiger charge is -2.34. The van der Waals surface area contributed by atoms with Gasteiger partial charge in [-0.15, -0.1) is 0 Å². The van der Waals surface area contributed by atoms with Crippen LogP contribution in [-0.4, -0.2) is 29.9 Å². The highest BCUT2D eigenvalue weighted by Gasteiger charge is 2.39. The Morgan fingerprint density at radius 1 is 1.33 bits per heavy atom. The van der Waals surface area contributed by atoms with Crippen molar-refractivity contribution in [1.29, 1.82) is 0 Å². The van der Waals surface area contributed by atoms with Gasteiger partial charge < -0.3 is 10.6 Å². The van der Waals surface area contributed by atoms with E-state index in [1.807, 2.05) is 11.9 Å². The molecule has 0 heterocycles. The summed E-state index contributed by atoms with van der Waals surface area (Å²) < 4.78 is 0. The zero-order chi connectivity index (χ0) is 10.9. The lowest BCUT2D eigenvalue weighted by Crippen LogP contribution is -2.53. The molecule has 0 aromatic carbocycles. The summed E-state index contributed by atoms with van der Waals surface area (Å²) in [5, 5.41) is 0. The SMILES string of the molecule is CN(CC1CCC1)C(=O)C1(N)CCCC1. The first kappa shape index (κ1) is 10.9. The van der Waals surface area contributed by atoms with Gasteiger partial charge in [0.15, 0.2) is 0 Å². The van der Waals surface area contributed by atoms with Crippen LogP contribution >= 0.6 is 0 Å². The van der Waals surface area contributed by atoms with E-state index >= 15 is 0 Å². The molecule has 0 radical (unpaired) electrons. The van der Waals surface area contributed by atoms with Crippen LogP contribution in [0, 0.1) is 5.92 Å². The minimum atomic E-state index is -0.529. The monoisotopic (exact) mass is 210 g/mol. The maximum atomic E-state index is 12.1. The number of carbonyl (C=O) groups excluding carboxylic acids is 1. The van der Waals surface area contributed by atoms with Crippen LogP contribution in [0.15, 0.2) is 0 Å². The molecule has 2 fully saturated rings. The van der Waals surface area contributed by atoms with Crippen LogP contribution < -0.4 is 5.73 Å². The van der Waals surface area contributed by atoms with Crippen molar-refractivity contribution in [2.75, 3.05) is 13.6 Å². The van der Waals surface area contributed by atoms with E-state index in [2.05, 4.69) is 0 Å². The van der Waals surface area contributed by atoms with Crippen molar-refractivity contribution < 1.29 is 4.79 Å². The molecule has 2 aliphatic rings. The molecule has 2 saturated carbocycles. The van der Waals surface area contributed by atoms with Gasteiger partial charge in [0.25, 0.3) is 0 Å². The zero-order valence-electron chi connectivity index (χ0n) is 9.67. The molecule has 0 spiro atoms. The van der Waals surface area contributed by atoms with Crippen LogP contribution in [-0.2, 0) is 4.79 Å². The maximum absolute atomic E-state index is 12.1. The molecule has 1 amide bonds. The first-order chi connectivity index (χ1) is 7.12. The number of carbonyl (C=O) groups is 1. The maximum Gasteiger partial charge on any atom is 0.242 e. The highest BCUT2D eigenvalue weighted by molar-refractivity contribution is 5.86. The van der Waals surface area contributed by atoms with Gasteiger partial charge in [-0.2, -0.15) is 0 Å². The Morgan fingerprint density at radius 3 is 2.40 bits per heavy atom. The van der Waals surface area contributed by atoms with E-state index in [1.54, 1.807) is 0 Å². The van der Waals surface area contributed by atoms with Crippen molar-refractivity contribution in [3.63, 3.8) is 0 Å². The van der Waals surface area contributed by atoms with E-state index < -0.39 is 5.54 Å². The minimum absolute atomic E-state index is 0.173. The van der Waals surface area contributed by atoms with Crippen molar-refractivity contribution >= 4 is 5.91 Å². The van der Waals surface area contributed by atoms with Crippen molar-refractivity contribution in [3.8, 4) is 0 Å². The molecule has 0 aliphatic heterocycles. The van der Waals surface area contributed by atoms with Gasteiger partial charge in [-0.3, -0.25) is 4.79 Å². The molecule has 0 saturated heterocycles. The number of amides is 1. The summed E-state index contributed by atoms with van der Waals surface area (Å²) in [6.45, 7) is 0.914. The predicted octanol–water partition coefficient (Wildman–Crippen LogP) is 1.52. The van der Waals surface area contributed by atoms with Crippen LogP contribution in [0.5, 0.6) is 0 Å². The van der Waals surface area contributed by atoms with E-state index in [-0.39, 0.29) is 5.91 Å². The van der Waals surface area contributed by atoms with Crippen LogP contribution in [0.2, 0.25) is 0 Å². The van der Waals surface area contributed by atoms with E-state index in [4.69, 9.17) is 5.73 Å². The highest BCUT2D eigenvalue weighted by Crippen LogP contribution is 2.31. The standard InChI is InChI=1S/C12H22N2O/c1-14(9-10-5-4-6-10)11(15)12(13)7-2-3-8-12/h10H,2-9,13H2,1H3. The zero-order valence-corrected chi connectivity index (χ0v) is 9.67. The lowest BCUT2D eigenvalue weighted by atomic mass is 9.84. The Balaban J connectivity index is 1.88. The van der Waals surface area contributed by atoms with Crippen molar-refractivity contribution in [2.24, 2.45) is 11.7 Å². The Kier molecular flexibility index (Phi) is 3.01. The molecule has 0 bridgehead atoms. The molecule has 3 heteroatoms. The van der Waals surface area contributed by atoms with Gasteiger partial charge in [-0.05, 0) is 31.6 Å². The predicted molar refractivity (Wildman–Crippen MR) is 60.4 cm³/mol. The first-order valence-corrected chi connectivity index (χ1v) is 6.16. The highest BCUT2D eigenvalue weighted by atomic mass is 16.2. The molecule has 0 aromatic rings. The van der Waals surface area contributed by atoms with Crippen LogP contribution in [0.3, 0.4) is 0 Å². The van der Waals surface area contributed by atoms with Gasteiger partial charge in [0.2, 0.25) is 5.91 Å². The minimum Gasteiger partial charge on any atom is -0.344 e. The second-order valence-electron chi connectivity index (χ2n) is 5.35. The number of hydrogen-bond acceptors (Lipinski definition) is 2. The van der Waals surface area contributed by atoms with Gasteiger partial charge in [0, 0.05) is 13.6 Å². The number of rotatable bonds is 3. The van der Waals surface area contributed by atoms with E-state index in [0.29, 0.717) is 0 Å².